The molecule has 1 atom stereocenters. The van der Waals surface area contributed by atoms with Crippen molar-refractivity contribution < 1.29 is 9.21 Å². The summed E-state index contributed by atoms with van der Waals surface area (Å²) in [6, 6.07) is 14.7. The van der Waals surface area contributed by atoms with Crippen LogP contribution >= 0.6 is 0 Å². The molecule has 2 fully saturated rings. The van der Waals surface area contributed by atoms with Crippen molar-refractivity contribution in [3.05, 3.63) is 59.5 Å². The molecule has 0 N–H and O–H groups in total. The number of carbonyl (C=O) groups excluding carboxylic acids is 1. The first kappa shape index (κ1) is 21.1. The fraction of sp³-hybridized carbons (Fsp3) is 0.560. The molecule has 1 amide bonds. The van der Waals surface area contributed by atoms with Crippen LogP contribution in [0.4, 0.5) is 0 Å². The average molecular weight is 410 g/mol. The molecule has 1 aromatic carbocycles. The van der Waals surface area contributed by atoms with Crippen LogP contribution in [0.25, 0.3) is 0 Å². The van der Waals surface area contributed by atoms with Gasteiger partial charge >= 0.3 is 0 Å². The Kier molecular flexibility index (Phi) is 7.24. The van der Waals surface area contributed by atoms with E-state index in [4.69, 9.17) is 4.42 Å². The fourth-order valence-corrected chi connectivity index (χ4v) is 4.80. The van der Waals surface area contributed by atoms with E-state index in [1.54, 1.807) is 0 Å². The van der Waals surface area contributed by atoms with Gasteiger partial charge in [0, 0.05) is 45.7 Å². The Morgan fingerprint density at radius 2 is 1.77 bits per heavy atom. The molecular weight excluding hydrogens is 374 g/mol. The fourth-order valence-electron chi connectivity index (χ4n) is 4.80. The summed E-state index contributed by atoms with van der Waals surface area (Å²) in [4.78, 5) is 19.8. The number of amides is 1. The molecule has 2 aromatic rings. The van der Waals surface area contributed by atoms with Gasteiger partial charge in [-0.15, -0.1) is 0 Å². The maximum absolute atomic E-state index is 12.8. The zero-order valence-corrected chi connectivity index (χ0v) is 18.3. The molecule has 30 heavy (non-hydrogen) atoms. The lowest BCUT2D eigenvalue weighted by Crippen LogP contribution is -2.48. The number of aryl methyl sites for hydroxylation is 1. The van der Waals surface area contributed by atoms with Crippen molar-refractivity contribution in [3.63, 3.8) is 0 Å². The number of piperazine rings is 1. The van der Waals surface area contributed by atoms with Crippen molar-refractivity contribution in [2.24, 2.45) is 5.92 Å². The summed E-state index contributed by atoms with van der Waals surface area (Å²) in [5.41, 5.74) is 1.35. The van der Waals surface area contributed by atoms with Gasteiger partial charge in [0.15, 0.2) is 0 Å². The van der Waals surface area contributed by atoms with Gasteiger partial charge in [0.2, 0.25) is 5.91 Å². The Bertz CT molecular complexity index is 796. The minimum absolute atomic E-state index is 0.341. The van der Waals surface area contributed by atoms with E-state index in [1.807, 2.05) is 13.0 Å². The largest absolute Gasteiger partial charge is 0.465 e. The van der Waals surface area contributed by atoms with Crippen LogP contribution in [0.1, 0.15) is 42.8 Å². The van der Waals surface area contributed by atoms with E-state index in [2.05, 4.69) is 51.1 Å². The topological polar surface area (TPSA) is 39.9 Å². The maximum Gasteiger partial charge on any atom is 0.222 e. The van der Waals surface area contributed by atoms with Gasteiger partial charge < -0.3 is 9.32 Å². The Morgan fingerprint density at radius 3 is 2.50 bits per heavy atom. The first-order valence-electron chi connectivity index (χ1n) is 11.5. The summed E-state index contributed by atoms with van der Waals surface area (Å²) < 4.78 is 5.74. The van der Waals surface area contributed by atoms with Crippen molar-refractivity contribution in [1.29, 1.82) is 0 Å². The van der Waals surface area contributed by atoms with Gasteiger partial charge in [-0.05, 0) is 56.3 Å². The third-order valence-electron chi connectivity index (χ3n) is 6.52. The van der Waals surface area contributed by atoms with E-state index in [1.165, 1.54) is 18.4 Å². The van der Waals surface area contributed by atoms with E-state index in [-0.39, 0.29) is 0 Å². The van der Waals surface area contributed by atoms with Crippen molar-refractivity contribution in [3.8, 4) is 0 Å². The van der Waals surface area contributed by atoms with Crippen LogP contribution in [0.5, 0.6) is 0 Å². The van der Waals surface area contributed by atoms with E-state index < -0.39 is 0 Å². The molecule has 0 bridgehead atoms. The van der Waals surface area contributed by atoms with Gasteiger partial charge in [-0.25, -0.2) is 0 Å². The van der Waals surface area contributed by atoms with Crippen LogP contribution in [0.2, 0.25) is 0 Å². The Morgan fingerprint density at radius 1 is 0.967 bits per heavy atom. The second kappa shape index (κ2) is 10.3. The summed E-state index contributed by atoms with van der Waals surface area (Å²) in [5, 5.41) is 0. The first-order chi connectivity index (χ1) is 14.7. The predicted molar refractivity (Wildman–Crippen MR) is 119 cm³/mol. The average Bonchev–Trinajstić information content (AvgIpc) is 3.18. The molecule has 5 heteroatoms. The number of benzene rings is 1. The van der Waals surface area contributed by atoms with Gasteiger partial charge in [0.1, 0.15) is 11.5 Å². The van der Waals surface area contributed by atoms with Crippen LogP contribution in [0.15, 0.2) is 46.9 Å². The molecule has 0 saturated carbocycles. The molecule has 2 aliphatic heterocycles. The Hall–Kier alpha value is -2.11. The number of piperidine rings is 1. The molecule has 0 radical (unpaired) electrons. The third-order valence-corrected chi connectivity index (χ3v) is 6.52. The smallest absolute Gasteiger partial charge is 0.222 e. The summed E-state index contributed by atoms with van der Waals surface area (Å²) in [5.74, 6) is 3.00. The van der Waals surface area contributed by atoms with E-state index in [0.29, 0.717) is 18.2 Å². The quantitative estimate of drug-likeness (QED) is 0.695. The minimum Gasteiger partial charge on any atom is -0.465 e. The molecule has 0 aliphatic carbocycles. The van der Waals surface area contributed by atoms with Gasteiger partial charge in [-0.2, -0.15) is 0 Å². The number of hydrogen-bond donors (Lipinski definition) is 0. The number of nitrogens with zero attached hydrogens (tertiary/aromatic N) is 3. The maximum atomic E-state index is 12.8. The van der Waals surface area contributed by atoms with Gasteiger partial charge in [0.25, 0.3) is 0 Å². The normalized spacial score (nSPS) is 21.1. The number of hydrogen-bond acceptors (Lipinski definition) is 4. The van der Waals surface area contributed by atoms with Gasteiger partial charge in [-0.1, -0.05) is 30.3 Å². The SMILES string of the molecule is Cc1ccc(CN2CCC[C@H](CCC(=O)N3CCN(Cc4ccccc4)CC3)C2)o1. The lowest BCUT2D eigenvalue weighted by atomic mass is 9.93. The molecule has 0 spiro atoms. The van der Waals surface area contributed by atoms with Crippen molar-refractivity contribution in [2.75, 3.05) is 39.3 Å². The molecule has 4 rings (SSSR count). The van der Waals surface area contributed by atoms with E-state index in [0.717, 1.165) is 70.3 Å². The zero-order valence-electron chi connectivity index (χ0n) is 18.3. The van der Waals surface area contributed by atoms with Crippen molar-refractivity contribution >= 4 is 5.91 Å². The van der Waals surface area contributed by atoms with Gasteiger partial charge in [0.05, 0.1) is 6.54 Å². The van der Waals surface area contributed by atoms with Crippen molar-refractivity contribution in [1.82, 2.24) is 14.7 Å². The lowest BCUT2D eigenvalue weighted by molar-refractivity contribution is -0.133. The summed E-state index contributed by atoms with van der Waals surface area (Å²) in [7, 11) is 0. The Labute approximate surface area is 180 Å². The van der Waals surface area contributed by atoms with Crippen LogP contribution in [-0.4, -0.2) is 59.9 Å². The summed E-state index contributed by atoms with van der Waals surface area (Å²) in [6.45, 7) is 9.75. The lowest BCUT2D eigenvalue weighted by Gasteiger charge is -2.36. The zero-order chi connectivity index (χ0) is 20.8. The molecule has 2 saturated heterocycles. The molecular formula is C25H35N3O2. The summed E-state index contributed by atoms with van der Waals surface area (Å²) >= 11 is 0. The number of rotatable bonds is 7. The molecule has 1 aromatic heterocycles. The van der Waals surface area contributed by atoms with Crippen LogP contribution in [0.3, 0.4) is 0 Å². The molecule has 0 unspecified atom stereocenters. The molecule has 162 valence electrons. The van der Waals surface area contributed by atoms with Crippen LogP contribution < -0.4 is 0 Å². The minimum atomic E-state index is 0.341. The van der Waals surface area contributed by atoms with Crippen molar-refractivity contribution in [2.45, 2.75) is 45.7 Å². The highest BCUT2D eigenvalue weighted by atomic mass is 16.3. The van der Waals surface area contributed by atoms with Crippen LogP contribution in [0, 0.1) is 12.8 Å². The van der Waals surface area contributed by atoms with E-state index in [9.17, 15) is 4.79 Å². The number of carbonyl (C=O) groups is 1. The highest BCUT2D eigenvalue weighted by Gasteiger charge is 2.24. The van der Waals surface area contributed by atoms with Gasteiger partial charge in [-0.3, -0.25) is 14.6 Å². The highest BCUT2D eigenvalue weighted by Crippen LogP contribution is 2.23. The predicted octanol–water partition coefficient (Wildman–Crippen LogP) is 3.92. The molecule has 2 aliphatic rings. The Balaban J connectivity index is 1.16. The monoisotopic (exact) mass is 409 g/mol. The molecule has 3 heterocycles. The number of likely N-dealkylation sites (tertiary alicyclic amines) is 1. The molecule has 5 nitrogen and oxygen atoms in total. The summed E-state index contributed by atoms with van der Waals surface area (Å²) in [6.07, 6.45) is 4.16. The van der Waals surface area contributed by atoms with Crippen LogP contribution in [-0.2, 0) is 17.9 Å². The standard InChI is InChI=1S/C25H35N3O2/c1-21-9-11-24(30-21)20-27-13-5-8-23(19-27)10-12-25(29)28-16-14-26(15-17-28)18-22-6-3-2-4-7-22/h2-4,6-7,9,11,23H,5,8,10,12-20H2,1H3/t23-/m1/s1. The second-order valence-corrected chi connectivity index (χ2v) is 8.94. The van der Waals surface area contributed by atoms with E-state index >= 15 is 0 Å². The third kappa shape index (κ3) is 5.96. The highest BCUT2D eigenvalue weighted by molar-refractivity contribution is 5.76. The number of furan rings is 1. The first-order valence-corrected chi connectivity index (χ1v) is 11.5. The second-order valence-electron chi connectivity index (χ2n) is 8.94.